The van der Waals surface area contributed by atoms with E-state index in [1.54, 1.807) is 0 Å². The van der Waals surface area contributed by atoms with Crippen LogP contribution >= 0.6 is 0 Å². The fourth-order valence-corrected chi connectivity index (χ4v) is 4.59. The molecule has 0 saturated carbocycles. The number of hydrogen-bond donors (Lipinski definition) is 0. The molecule has 0 spiro atoms. The molecule has 7 heteroatoms. The Hall–Kier alpha value is -1.63. The van der Waals surface area contributed by atoms with Crippen molar-refractivity contribution in [2.24, 2.45) is 11.8 Å². The topological polar surface area (TPSA) is 78.9 Å². The maximum Gasteiger partial charge on any atom is 0.329 e. The second-order valence-electron chi connectivity index (χ2n) is 6.08. The summed E-state index contributed by atoms with van der Waals surface area (Å²) in [4.78, 5) is 34.0. The molecule has 0 aromatic carbocycles. The smallest absolute Gasteiger partial charge is 0.329 e. The van der Waals surface area contributed by atoms with E-state index < -0.39 is 32.9 Å². The van der Waals surface area contributed by atoms with E-state index in [-0.39, 0.29) is 5.92 Å². The molecule has 0 aliphatic rings. The lowest BCUT2D eigenvalue weighted by molar-refractivity contribution is -0.174. The number of hydrogen-bond acceptors (Lipinski definition) is 6. The molecule has 0 radical (unpaired) electrons. The van der Waals surface area contributed by atoms with Gasteiger partial charge in [-0.05, 0) is 17.9 Å². The highest BCUT2D eigenvalue weighted by atomic mass is 28.3. The second-order valence-corrected chi connectivity index (χ2v) is 8.41. The van der Waals surface area contributed by atoms with E-state index in [2.05, 4.69) is 20.4 Å². The van der Waals surface area contributed by atoms with Crippen LogP contribution in [-0.2, 0) is 28.3 Å². The third-order valence-electron chi connectivity index (χ3n) is 3.17. The third-order valence-corrected chi connectivity index (χ3v) is 5.86. The molecule has 6 nitrogen and oxygen atoms in total. The summed E-state index contributed by atoms with van der Waals surface area (Å²) in [7, 11) is -2.46. The van der Waals surface area contributed by atoms with Gasteiger partial charge in [0.2, 0.25) is 0 Å². The van der Waals surface area contributed by atoms with Crippen molar-refractivity contribution in [1.82, 2.24) is 0 Å². The number of carbonyl (C=O) groups is 3. The molecule has 0 saturated heterocycles. The predicted molar refractivity (Wildman–Crippen MR) is 88.8 cm³/mol. The monoisotopic (exact) mass is 344 g/mol. The van der Waals surface area contributed by atoms with Gasteiger partial charge in [0.15, 0.2) is 0 Å². The molecule has 23 heavy (non-hydrogen) atoms. The van der Waals surface area contributed by atoms with Crippen LogP contribution in [0.3, 0.4) is 0 Å². The summed E-state index contributed by atoms with van der Waals surface area (Å²) in [5.74, 6) is -2.04. The highest BCUT2D eigenvalue weighted by Crippen LogP contribution is 2.21. The molecule has 0 aliphatic carbocycles. The first-order valence-electron chi connectivity index (χ1n) is 7.83. The van der Waals surface area contributed by atoms with Gasteiger partial charge in [0.05, 0.1) is 0 Å². The van der Waals surface area contributed by atoms with E-state index >= 15 is 0 Å². The van der Waals surface area contributed by atoms with Crippen LogP contribution in [0.4, 0.5) is 0 Å². The zero-order valence-corrected chi connectivity index (χ0v) is 15.8. The number of ether oxygens (including phenoxy) is 2. The quantitative estimate of drug-likeness (QED) is 0.262. The normalized spacial score (nSPS) is 13.3. The van der Waals surface area contributed by atoms with Crippen LogP contribution in [0.15, 0.2) is 12.7 Å². The largest absolute Gasteiger partial charge is 0.510 e. The summed E-state index contributed by atoms with van der Waals surface area (Å²) in [5.41, 5.74) is 0. The molecule has 0 rings (SSSR count). The van der Waals surface area contributed by atoms with Crippen LogP contribution in [0.1, 0.15) is 47.5 Å². The van der Waals surface area contributed by atoms with Crippen molar-refractivity contribution in [2.45, 2.75) is 59.4 Å². The SMILES string of the molecule is C=CC(=O)O[SiH](CC(C)CCC(C)C)C(OC(C)=O)OC(C)=O. The zero-order valence-electron chi connectivity index (χ0n) is 14.7. The van der Waals surface area contributed by atoms with Crippen LogP contribution in [0, 0.1) is 11.8 Å². The van der Waals surface area contributed by atoms with Gasteiger partial charge in [-0.3, -0.25) is 9.59 Å². The maximum atomic E-state index is 11.6. The fraction of sp³-hybridized carbons (Fsp3) is 0.688. The Bertz CT molecular complexity index is 405. The molecular formula is C16H28O6Si. The zero-order chi connectivity index (χ0) is 18.0. The van der Waals surface area contributed by atoms with Gasteiger partial charge in [-0.2, -0.15) is 0 Å². The fourth-order valence-electron chi connectivity index (χ4n) is 2.05. The van der Waals surface area contributed by atoms with Gasteiger partial charge >= 0.3 is 26.9 Å². The van der Waals surface area contributed by atoms with Gasteiger partial charge in [-0.25, -0.2) is 4.79 Å². The molecule has 0 aliphatic heterocycles. The van der Waals surface area contributed by atoms with E-state index in [0.717, 1.165) is 18.9 Å². The van der Waals surface area contributed by atoms with Crippen molar-refractivity contribution in [3.05, 3.63) is 12.7 Å². The Labute approximate surface area is 139 Å². The van der Waals surface area contributed by atoms with E-state index in [1.807, 2.05) is 6.92 Å². The van der Waals surface area contributed by atoms with Gasteiger partial charge in [-0.15, -0.1) is 0 Å². The van der Waals surface area contributed by atoms with E-state index in [0.29, 0.717) is 12.0 Å². The van der Waals surface area contributed by atoms with Gasteiger partial charge < -0.3 is 13.9 Å². The highest BCUT2D eigenvalue weighted by molar-refractivity contribution is 6.55. The van der Waals surface area contributed by atoms with Gasteiger partial charge in [0.1, 0.15) is 0 Å². The number of carbonyl (C=O) groups excluding carboxylic acids is 3. The van der Waals surface area contributed by atoms with Crippen molar-refractivity contribution < 1.29 is 28.3 Å². The minimum Gasteiger partial charge on any atom is -0.510 e. The van der Waals surface area contributed by atoms with Crippen LogP contribution in [0.2, 0.25) is 6.04 Å². The van der Waals surface area contributed by atoms with Crippen LogP contribution in [0.25, 0.3) is 0 Å². The van der Waals surface area contributed by atoms with Gasteiger partial charge in [0.25, 0.3) is 5.91 Å². The Kier molecular flexibility index (Phi) is 10.2. The Morgan fingerprint density at radius 1 is 1.04 bits per heavy atom. The molecule has 132 valence electrons. The molecule has 0 aromatic rings. The van der Waals surface area contributed by atoms with Gasteiger partial charge in [0, 0.05) is 19.9 Å². The molecule has 0 amide bonds. The average Bonchev–Trinajstić information content (AvgIpc) is 2.42. The minimum atomic E-state index is -2.46. The van der Waals surface area contributed by atoms with Crippen LogP contribution in [-0.4, -0.2) is 32.9 Å². The van der Waals surface area contributed by atoms with E-state index in [9.17, 15) is 14.4 Å². The minimum absolute atomic E-state index is 0.264. The lowest BCUT2D eigenvalue weighted by Gasteiger charge is -2.26. The average molecular weight is 344 g/mol. The highest BCUT2D eigenvalue weighted by Gasteiger charge is 2.34. The molecule has 0 bridgehead atoms. The summed E-state index contributed by atoms with van der Waals surface area (Å²) in [6.07, 6.45) is 3.06. The number of esters is 2. The molecule has 0 aromatic heterocycles. The van der Waals surface area contributed by atoms with Crippen molar-refractivity contribution in [3.8, 4) is 0 Å². The van der Waals surface area contributed by atoms with Crippen molar-refractivity contribution in [2.75, 3.05) is 0 Å². The molecule has 0 fully saturated rings. The van der Waals surface area contributed by atoms with Gasteiger partial charge in [-0.1, -0.05) is 40.2 Å². The Balaban J connectivity index is 5.03. The van der Waals surface area contributed by atoms with Crippen LogP contribution < -0.4 is 0 Å². The first-order chi connectivity index (χ1) is 10.6. The molecule has 2 unspecified atom stereocenters. The summed E-state index contributed by atoms with van der Waals surface area (Å²) < 4.78 is 15.5. The van der Waals surface area contributed by atoms with Crippen molar-refractivity contribution in [1.29, 1.82) is 0 Å². The first-order valence-corrected chi connectivity index (χ1v) is 9.78. The second kappa shape index (κ2) is 11.0. The van der Waals surface area contributed by atoms with E-state index in [4.69, 9.17) is 13.9 Å². The van der Waals surface area contributed by atoms with E-state index in [1.165, 1.54) is 13.8 Å². The summed E-state index contributed by atoms with van der Waals surface area (Å²) in [6.45, 7) is 12.1. The van der Waals surface area contributed by atoms with Crippen LogP contribution in [0.5, 0.6) is 0 Å². The number of rotatable bonds is 10. The first kappa shape index (κ1) is 21.4. The summed E-state index contributed by atoms with van der Waals surface area (Å²) in [5, 5.41) is 0. The summed E-state index contributed by atoms with van der Waals surface area (Å²) in [6, 6.07) is 0.553. The Morgan fingerprint density at radius 3 is 1.96 bits per heavy atom. The molecule has 0 N–H and O–H groups in total. The molecular weight excluding hydrogens is 316 g/mol. The van der Waals surface area contributed by atoms with Crippen molar-refractivity contribution >= 4 is 26.9 Å². The summed E-state index contributed by atoms with van der Waals surface area (Å²) >= 11 is 0. The predicted octanol–water partition coefficient (Wildman–Crippen LogP) is 2.50. The Morgan fingerprint density at radius 2 is 1.57 bits per heavy atom. The standard InChI is InChI=1S/C16H28O6Si/c1-7-15(19)22-23(10-12(4)9-8-11(2)3)16(20-13(5)17)21-14(6)18/h7,11-12,16,23H,1,8-10H2,2-6H3. The lowest BCUT2D eigenvalue weighted by Crippen LogP contribution is -2.42. The third kappa shape index (κ3) is 10.7. The lowest BCUT2D eigenvalue weighted by atomic mass is 10.0. The molecule has 0 heterocycles. The van der Waals surface area contributed by atoms with Crippen molar-refractivity contribution in [3.63, 3.8) is 0 Å². The maximum absolute atomic E-state index is 11.6. The molecule has 2 atom stereocenters.